The van der Waals surface area contributed by atoms with Gasteiger partial charge in [-0.05, 0) is 48.4 Å². The van der Waals surface area contributed by atoms with Gasteiger partial charge < -0.3 is 10.6 Å². The number of imide groups is 1. The minimum absolute atomic E-state index is 0.0548. The Morgan fingerprint density at radius 1 is 1.03 bits per heavy atom. The third-order valence-corrected chi connectivity index (χ3v) is 6.06. The standard InChI is InChI=1S/C25H27N3O4S/c1-16(2)21(27-22(29)19-11-9-17(3)10-12-19)23(30)26-13-14-28-24(31)20(33-25(28)32)15-18-7-5-4-6-8-18/h4-12,15-16,21H,13-14H2,1-3H3,(H,26,30)(H,27,29)/b20-15-/t21-/m0/s1. The normalized spacial score (nSPS) is 15.8. The summed E-state index contributed by atoms with van der Waals surface area (Å²) in [7, 11) is 0. The molecule has 0 radical (unpaired) electrons. The van der Waals surface area contributed by atoms with Gasteiger partial charge in [0, 0.05) is 18.7 Å². The molecule has 2 N–H and O–H groups in total. The lowest BCUT2D eigenvalue weighted by molar-refractivity contribution is -0.125. The molecule has 7 nitrogen and oxygen atoms in total. The van der Waals surface area contributed by atoms with E-state index < -0.39 is 6.04 Å². The Kier molecular flexibility index (Phi) is 8.06. The molecule has 33 heavy (non-hydrogen) atoms. The summed E-state index contributed by atoms with van der Waals surface area (Å²) in [5.74, 6) is -1.22. The molecule has 1 atom stereocenters. The maximum atomic E-state index is 12.7. The van der Waals surface area contributed by atoms with Crippen molar-refractivity contribution in [3.05, 3.63) is 76.2 Å². The maximum Gasteiger partial charge on any atom is 0.293 e. The Labute approximate surface area is 197 Å². The van der Waals surface area contributed by atoms with Crippen LogP contribution in [0, 0.1) is 12.8 Å². The molecule has 3 rings (SSSR count). The fraction of sp³-hybridized carbons (Fsp3) is 0.280. The molecule has 2 aromatic rings. The van der Waals surface area contributed by atoms with Gasteiger partial charge in [-0.3, -0.25) is 24.1 Å². The van der Waals surface area contributed by atoms with Crippen LogP contribution in [0.4, 0.5) is 4.79 Å². The summed E-state index contributed by atoms with van der Waals surface area (Å²) in [6, 6.07) is 15.6. The highest BCUT2D eigenvalue weighted by Crippen LogP contribution is 2.31. The Balaban J connectivity index is 1.56. The lowest BCUT2D eigenvalue weighted by Crippen LogP contribution is -2.51. The molecule has 0 bridgehead atoms. The van der Waals surface area contributed by atoms with Crippen LogP contribution in [0.3, 0.4) is 0 Å². The smallest absolute Gasteiger partial charge is 0.293 e. The summed E-state index contributed by atoms with van der Waals surface area (Å²) < 4.78 is 0. The molecule has 1 aliphatic heterocycles. The molecule has 0 aromatic heterocycles. The van der Waals surface area contributed by atoms with Crippen molar-refractivity contribution in [3.8, 4) is 0 Å². The maximum absolute atomic E-state index is 12.7. The van der Waals surface area contributed by atoms with Crippen LogP contribution in [0.5, 0.6) is 0 Å². The predicted molar refractivity (Wildman–Crippen MR) is 129 cm³/mol. The first-order valence-corrected chi connectivity index (χ1v) is 11.5. The summed E-state index contributed by atoms with van der Waals surface area (Å²) >= 11 is 0.882. The summed E-state index contributed by atoms with van der Waals surface area (Å²) in [6.07, 6.45) is 1.68. The molecule has 2 aromatic carbocycles. The topological polar surface area (TPSA) is 95.6 Å². The van der Waals surface area contributed by atoms with Gasteiger partial charge in [0.05, 0.1) is 4.91 Å². The Bertz CT molecular complexity index is 1060. The van der Waals surface area contributed by atoms with Crippen molar-refractivity contribution >= 4 is 40.8 Å². The van der Waals surface area contributed by atoms with Crippen LogP contribution in [0.2, 0.25) is 0 Å². The first kappa shape index (κ1) is 24.3. The number of carbonyl (C=O) groups is 4. The number of nitrogens with one attached hydrogen (secondary N) is 2. The fourth-order valence-corrected chi connectivity index (χ4v) is 4.12. The van der Waals surface area contributed by atoms with E-state index in [1.807, 2.05) is 63.2 Å². The van der Waals surface area contributed by atoms with Gasteiger partial charge in [0.2, 0.25) is 5.91 Å². The average molecular weight is 466 g/mol. The number of aryl methyl sites for hydroxylation is 1. The second kappa shape index (κ2) is 11.0. The highest BCUT2D eigenvalue weighted by Gasteiger charge is 2.35. The van der Waals surface area contributed by atoms with Crippen LogP contribution in [-0.2, 0) is 9.59 Å². The third-order valence-electron chi connectivity index (χ3n) is 5.16. The molecule has 0 unspecified atom stereocenters. The van der Waals surface area contributed by atoms with Gasteiger partial charge in [0.1, 0.15) is 6.04 Å². The second-order valence-corrected chi connectivity index (χ2v) is 9.09. The average Bonchev–Trinajstić information content (AvgIpc) is 3.05. The predicted octanol–water partition coefficient (Wildman–Crippen LogP) is 3.60. The molecule has 1 heterocycles. The number of hydrogen-bond acceptors (Lipinski definition) is 5. The van der Waals surface area contributed by atoms with Gasteiger partial charge in [0.15, 0.2) is 0 Å². The van der Waals surface area contributed by atoms with Crippen molar-refractivity contribution in [1.29, 1.82) is 0 Å². The van der Waals surface area contributed by atoms with Gasteiger partial charge in [-0.2, -0.15) is 0 Å². The van der Waals surface area contributed by atoms with E-state index >= 15 is 0 Å². The number of hydrogen-bond donors (Lipinski definition) is 2. The van der Waals surface area contributed by atoms with E-state index in [4.69, 9.17) is 0 Å². The van der Waals surface area contributed by atoms with Gasteiger partial charge in [-0.15, -0.1) is 0 Å². The zero-order valence-corrected chi connectivity index (χ0v) is 19.6. The van der Waals surface area contributed by atoms with Crippen molar-refractivity contribution < 1.29 is 19.2 Å². The Morgan fingerprint density at radius 3 is 2.33 bits per heavy atom. The van der Waals surface area contributed by atoms with Crippen LogP contribution >= 0.6 is 11.8 Å². The van der Waals surface area contributed by atoms with Crippen molar-refractivity contribution in [2.45, 2.75) is 26.8 Å². The van der Waals surface area contributed by atoms with Crippen LogP contribution in [0.25, 0.3) is 6.08 Å². The molecular formula is C25H27N3O4S. The van der Waals surface area contributed by atoms with Crippen LogP contribution in [0.15, 0.2) is 59.5 Å². The van der Waals surface area contributed by atoms with Gasteiger partial charge in [0.25, 0.3) is 17.1 Å². The van der Waals surface area contributed by atoms with E-state index in [2.05, 4.69) is 10.6 Å². The number of benzene rings is 2. The lowest BCUT2D eigenvalue weighted by atomic mass is 10.0. The van der Waals surface area contributed by atoms with E-state index in [0.29, 0.717) is 10.5 Å². The zero-order valence-electron chi connectivity index (χ0n) is 18.8. The van der Waals surface area contributed by atoms with Crippen LogP contribution in [-0.4, -0.2) is 47.0 Å². The SMILES string of the molecule is Cc1ccc(C(=O)N[C@H](C(=O)NCCN2C(=O)S/C(=C\c3ccccc3)C2=O)C(C)C)cc1. The van der Waals surface area contributed by atoms with Crippen LogP contribution in [0.1, 0.15) is 35.3 Å². The number of thioether (sulfide) groups is 1. The number of amides is 4. The molecule has 4 amide bonds. The molecule has 1 aliphatic rings. The Hall–Kier alpha value is -3.39. The minimum Gasteiger partial charge on any atom is -0.353 e. The summed E-state index contributed by atoms with van der Waals surface area (Å²) in [5, 5.41) is 5.13. The van der Waals surface area contributed by atoms with Crippen molar-refractivity contribution in [3.63, 3.8) is 0 Å². The van der Waals surface area contributed by atoms with Crippen molar-refractivity contribution in [2.24, 2.45) is 5.92 Å². The molecular weight excluding hydrogens is 438 g/mol. The van der Waals surface area contributed by atoms with Crippen molar-refractivity contribution in [1.82, 2.24) is 15.5 Å². The van der Waals surface area contributed by atoms with Gasteiger partial charge in [-0.1, -0.05) is 61.9 Å². The highest BCUT2D eigenvalue weighted by atomic mass is 32.2. The van der Waals surface area contributed by atoms with E-state index in [1.165, 1.54) is 0 Å². The molecule has 0 aliphatic carbocycles. The Morgan fingerprint density at radius 2 is 1.70 bits per heavy atom. The molecule has 0 saturated carbocycles. The molecule has 172 valence electrons. The molecule has 1 saturated heterocycles. The number of carbonyl (C=O) groups excluding carboxylic acids is 4. The van der Waals surface area contributed by atoms with Crippen molar-refractivity contribution in [2.75, 3.05) is 13.1 Å². The highest BCUT2D eigenvalue weighted by molar-refractivity contribution is 8.18. The molecule has 8 heteroatoms. The van der Waals surface area contributed by atoms with Gasteiger partial charge >= 0.3 is 0 Å². The largest absolute Gasteiger partial charge is 0.353 e. The third kappa shape index (κ3) is 6.32. The fourth-order valence-electron chi connectivity index (χ4n) is 3.26. The minimum atomic E-state index is -0.744. The number of nitrogens with zero attached hydrogens (tertiary/aromatic N) is 1. The quantitative estimate of drug-likeness (QED) is 0.581. The lowest BCUT2D eigenvalue weighted by Gasteiger charge is -2.22. The number of rotatable bonds is 8. The van der Waals surface area contributed by atoms with E-state index in [-0.39, 0.29) is 42.0 Å². The zero-order chi connectivity index (χ0) is 24.0. The molecule has 0 spiro atoms. The van der Waals surface area contributed by atoms with Gasteiger partial charge in [-0.25, -0.2) is 0 Å². The monoisotopic (exact) mass is 465 g/mol. The summed E-state index contributed by atoms with van der Waals surface area (Å²) in [5.41, 5.74) is 2.35. The summed E-state index contributed by atoms with van der Waals surface area (Å²) in [6.45, 7) is 5.76. The van der Waals surface area contributed by atoms with Crippen LogP contribution < -0.4 is 10.6 Å². The first-order chi connectivity index (χ1) is 15.8. The molecule has 1 fully saturated rings. The van der Waals surface area contributed by atoms with E-state index in [9.17, 15) is 19.2 Å². The summed E-state index contributed by atoms with van der Waals surface area (Å²) in [4.78, 5) is 51.6. The first-order valence-electron chi connectivity index (χ1n) is 10.7. The van der Waals surface area contributed by atoms with E-state index in [1.54, 1.807) is 18.2 Å². The second-order valence-electron chi connectivity index (χ2n) is 8.10. The van der Waals surface area contributed by atoms with E-state index in [0.717, 1.165) is 27.8 Å².